The van der Waals surface area contributed by atoms with E-state index in [2.05, 4.69) is 21.5 Å². The van der Waals surface area contributed by atoms with Gasteiger partial charge in [-0.25, -0.2) is 19.3 Å². The number of aromatic nitrogens is 3. The third-order valence-electron chi connectivity index (χ3n) is 5.43. The summed E-state index contributed by atoms with van der Waals surface area (Å²) in [6, 6.07) is 16.3. The fourth-order valence-corrected chi connectivity index (χ4v) is 3.34. The van der Waals surface area contributed by atoms with Crippen LogP contribution in [0.3, 0.4) is 0 Å². The van der Waals surface area contributed by atoms with Crippen LogP contribution in [0.2, 0.25) is 0 Å². The van der Waals surface area contributed by atoms with Crippen molar-refractivity contribution >= 4 is 28.5 Å². The van der Waals surface area contributed by atoms with Gasteiger partial charge in [0.1, 0.15) is 5.75 Å². The molecule has 2 unspecified atom stereocenters. The summed E-state index contributed by atoms with van der Waals surface area (Å²) in [4.78, 5) is 27.9. The van der Waals surface area contributed by atoms with E-state index in [1.54, 1.807) is 48.1 Å². The Morgan fingerprint density at radius 1 is 1.14 bits per heavy atom. The Kier molecular flexibility index (Phi) is 7.11. The monoisotopic (exact) mass is 485 g/mol. The number of fused-ring (bicyclic) bond motifs is 1. The molecule has 0 saturated carbocycles. The van der Waals surface area contributed by atoms with Gasteiger partial charge in [-0.2, -0.15) is 10.4 Å². The molecule has 2 heterocycles. The molecule has 10 nitrogen and oxygen atoms in total. The highest BCUT2D eigenvalue weighted by atomic mass is 16.5. The first-order valence-electron chi connectivity index (χ1n) is 11.2. The Labute approximate surface area is 206 Å². The van der Waals surface area contributed by atoms with Gasteiger partial charge in [0, 0.05) is 11.5 Å². The number of aliphatic carboxylic acids is 1. The van der Waals surface area contributed by atoms with Gasteiger partial charge in [-0.1, -0.05) is 6.92 Å². The molecule has 0 aliphatic carbocycles. The van der Waals surface area contributed by atoms with Gasteiger partial charge in [0.2, 0.25) is 11.9 Å². The van der Waals surface area contributed by atoms with E-state index < -0.39 is 18.0 Å². The number of nitrogens with zero attached hydrogens (tertiary/aromatic N) is 4. The number of anilines is 1. The van der Waals surface area contributed by atoms with Crippen LogP contribution in [0, 0.1) is 11.3 Å². The Hall–Kier alpha value is -4.91. The van der Waals surface area contributed by atoms with Crippen molar-refractivity contribution in [2.75, 3.05) is 5.32 Å². The summed E-state index contributed by atoms with van der Waals surface area (Å²) >= 11 is 0. The largest absolute Gasteiger partial charge is 0.479 e. The summed E-state index contributed by atoms with van der Waals surface area (Å²) in [5.74, 6) is -1.39. The third kappa shape index (κ3) is 5.42. The molecule has 4 rings (SSSR count). The molecule has 0 saturated heterocycles. The number of carbonyl (C=O) groups excluding carboxylic acids is 1. The van der Waals surface area contributed by atoms with Crippen LogP contribution in [0.4, 0.5) is 5.69 Å². The molecule has 0 amide bonds. The Morgan fingerprint density at radius 3 is 2.56 bits per heavy atom. The third-order valence-corrected chi connectivity index (χ3v) is 5.43. The van der Waals surface area contributed by atoms with Gasteiger partial charge < -0.3 is 19.9 Å². The van der Waals surface area contributed by atoms with E-state index in [4.69, 9.17) is 14.7 Å². The highest BCUT2D eigenvalue weighted by Gasteiger charge is 2.29. The summed E-state index contributed by atoms with van der Waals surface area (Å²) in [7, 11) is 0. The molecule has 0 spiro atoms. The minimum atomic E-state index is -1.55. The Balaban J connectivity index is 1.45. The zero-order valence-corrected chi connectivity index (χ0v) is 19.6. The summed E-state index contributed by atoms with van der Waals surface area (Å²) in [5.41, 5.74) is 2.60. The van der Waals surface area contributed by atoms with Crippen LogP contribution < -0.4 is 10.1 Å². The lowest BCUT2D eigenvalue weighted by Crippen LogP contribution is -2.40. The SMILES string of the molecule is CCC(C)OC(=O)C(Nc1ccc(Oc2ccc3c(cnn3-c3ccc(C#N)cc3)c2)nc1)C(=O)O. The van der Waals surface area contributed by atoms with Crippen LogP contribution in [-0.4, -0.2) is 44.0 Å². The summed E-state index contributed by atoms with van der Waals surface area (Å²) in [6.45, 7) is 3.53. The maximum absolute atomic E-state index is 12.2. The number of rotatable bonds is 9. The zero-order chi connectivity index (χ0) is 25.7. The number of carbonyl (C=O) groups is 2. The van der Waals surface area contributed by atoms with E-state index in [1.807, 2.05) is 31.2 Å². The highest BCUT2D eigenvalue weighted by Crippen LogP contribution is 2.27. The molecule has 0 aliphatic heterocycles. The minimum Gasteiger partial charge on any atom is -0.479 e. The number of carboxylic acid groups (broad SMARTS) is 1. The van der Waals surface area contributed by atoms with Crippen LogP contribution in [0.25, 0.3) is 16.6 Å². The summed E-state index contributed by atoms with van der Waals surface area (Å²) < 4.78 is 12.7. The van der Waals surface area contributed by atoms with E-state index >= 15 is 0 Å². The quantitative estimate of drug-likeness (QED) is 0.262. The van der Waals surface area contributed by atoms with E-state index in [0.717, 1.165) is 16.6 Å². The minimum absolute atomic E-state index is 0.286. The molecule has 0 bridgehead atoms. The molecule has 2 aromatic heterocycles. The maximum Gasteiger partial charge on any atom is 0.340 e. The van der Waals surface area contributed by atoms with E-state index in [0.29, 0.717) is 23.4 Å². The lowest BCUT2D eigenvalue weighted by atomic mass is 10.2. The van der Waals surface area contributed by atoms with Crippen molar-refractivity contribution in [1.29, 1.82) is 5.26 Å². The van der Waals surface area contributed by atoms with Gasteiger partial charge in [-0.15, -0.1) is 0 Å². The average Bonchev–Trinajstić information content (AvgIpc) is 3.31. The second kappa shape index (κ2) is 10.6. The number of ether oxygens (including phenoxy) is 2. The van der Waals surface area contributed by atoms with Crippen molar-refractivity contribution in [3.63, 3.8) is 0 Å². The summed E-state index contributed by atoms with van der Waals surface area (Å²) in [6.07, 6.45) is 3.28. The van der Waals surface area contributed by atoms with E-state index in [-0.39, 0.29) is 12.0 Å². The van der Waals surface area contributed by atoms with Crippen molar-refractivity contribution < 1.29 is 24.2 Å². The number of hydrogen-bond donors (Lipinski definition) is 2. The molecule has 36 heavy (non-hydrogen) atoms. The van der Waals surface area contributed by atoms with Gasteiger partial charge in [0.15, 0.2) is 0 Å². The molecule has 182 valence electrons. The predicted octanol–water partition coefficient (Wildman–Crippen LogP) is 4.29. The smallest absolute Gasteiger partial charge is 0.340 e. The van der Waals surface area contributed by atoms with Crippen molar-refractivity contribution in [2.45, 2.75) is 32.4 Å². The zero-order valence-electron chi connectivity index (χ0n) is 19.6. The molecular formula is C26H23N5O5. The first kappa shape index (κ1) is 24.2. The van der Waals surface area contributed by atoms with Crippen LogP contribution in [-0.2, 0) is 14.3 Å². The number of benzene rings is 2. The lowest BCUT2D eigenvalue weighted by Gasteiger charge is -2.17. The van der Waals surface area contributed by atoms with E-state index in [9.17, 15) is 14.7 Å². The molecule has 2 aromatic carbocycles. The molecule has 2 N–H and O–H groups in total. The van der Waals surface area contributed by atoms with Gasteiger partial charge in [0.25, 0.3) is 0 Å². The second-order valence-corrected chi connectivity index (χ2v) is 7.99. The number of pyridine rings is 1. The molecule has 4 aromatic rings. The topological polar surface area (TPSA) is 139 Å². The predicted molar refractivity (Wildman–Crippen MR) is 131 cm³/mol. The van der Waals surface area contributed by atoms with Crippen LogP contribution in [0.1, 0.15) is 25.8 Å². The first-order valence-corrected chi connectivity index (χ1v) is 11.2. The molecule has 0 fully saturated rings. The molecular weight excluding hydrogens is 462 g/mol. The molecule has 0 radical (unpaired) electrons. The van der Waals surface area contributed by atoms with Crippen molar-refractivity contribution in [2.24, 2.45) is 0 Å². The average molecular weight is 486 g/mol. The van der Waals surface area contributed by atoms with Crippen LogP contribution in [0.15, 0.2) is 67.0 Å². The first-order chi connectivity index (χ1) is 17.4. The fraction of sp³-hybridized carbons (Fsp3) is 0.192. The number of nitriles is 1. The van der Waals surface area contributed by atoms with Gasteiger partial charge in [-0.3, -0.25) is 0 Å². The standard InChI is InChI=1S/C26H23N5O5/c1-3-16(2)35-26(34)24(25(32)33)30-19-6-11-23(28-15-19)36-21-9-10-22-18(12-21)14-29-31(22)20-7-4-17(13-27)5-8-20/h4-12,14-16,24,30H,3H2,1-2H3,(H,32,33). The number of hydrogen-bond acceptors (Lipinski definition) is 8. The van der Waals surface area contributed by atoms with E-state index in [1.165, 1.54) is 6.20 Å². The second-order valence-electron chi connectivity index (χ2n) is 7.99. The van der Waals surface area contributed by atoms with Gasteiger partial charge >= 0.3 is 11.9 Å². The summed E-state index contributed by atoms with van der Waals surface area (Å²) in [5, 5.41) is 26.3. The Bertz CT molecular complexity index is 1420. The lowest BCUT2D eigenvalue weighted by molar-refractivity contribution is -0.156. The normalized spacial score (nSPS) is 12.4. The molecule has 2 atom stereocenters. The fourth-order valence-electron chi connectivity index (χ4n) is 3.34. The molecule has 10 heteroatoms. The van der Waals surface area contributed by atoms with Crippen molar-refractivity contribution in [3.8, 4) is 23.4 Å². The highest BCUT2D eigenvalue weighted by molar-refractivity contribution is 6.01. The van der Waals surface area contributed by atoms with Crippen LogP contribution in [0.5, 0.6) is 11.6 Å². The van der Waals surface area contributed by atoms with Crippen LogP contribution >= 0.6 is 0 Å². The number of esters is 1. The Morgan fingerprint density at radius 2 is 1.92 bits per heavy atom. The number of carboxylic acids is 1. The van der Waals surface area contributed by atoms with Crippen molar-refractivity contribution in [3.05, 3.63) is 72.6 Å². The van der Waals surface area contributed by atoms with Gasteiger partial charge in [-0.05, 0) is 61.9 Å². The molecule has 0 aliphatic rings. The van der Waals surface area contributed by atoms with Gasteiger partial charge in [0.05, 0.1) is 47.0 Å². The maximum atomic E-state index is 12.2. The van der Waals surface area contributed by atoms with Crippen molar-refractivity contribution in [1.82, 2.24) is 14.8 Å². The number of nitrogens with one attached hydrogen (secondary N) is 1.